The fraction of sp³-hybridized carbons (Fsp3) is 0.385. The molecule has 0 unspecified atom stereocenters. The zero-order chi connectivity index (χ0) is 13.7. The molecule has 1 heterocycles. The van der Waals surface area contributed by atoms with Crippen LogP contribution in [-0.2, 0) is 5.75 Å². The van der Waals surface area contributed by atoms with E-state index >= 15 is 0 Å². The van der Waals surface area contributed by atoms with Crippen LogP contribution in [0, 0.1) is 0 Å². The van der Waals surface area contributed by atoms with Gasteiger partial charge >= 0.3 is 0 Å². The van der Waals surface area contributed by atoms with E-state index in [-0.39, 0.29) is 0 Å². The van der Waals surface area contributed by atoms with Crippen molar-refractivity contribution in [2.75, 3.05) is 12.4 Å². The Morgan fingerprint density at radius 2 is 2.21 bits per heavy atom. The van der Waals surface area contributed by atoms with Crippen LogP contribution in [0.4, 0.5) is 5.13 Å². The Kier molecular flexibility index (Phi) is 5.04. The average Bonchev–Trinajstić information content (AvgIpc) is 2.83. The van der Waals surface area contributed by atoms with Crippen molar-refractivity contribution in [2.45, 2.75) is 30.0 Å². The normalized spacial score (nSPS) is 10.7. The van der Waals surface area contributed by atoms with Gasteiger partial charge in [-0.2, -0.15) is 0 Å². The second-order valence-corrected chi connectivity index (χ2v) is 6.51. The molecule has 0 radical (unpaired) electrons. The minimum Gasteiger partial charge on any atom is -0.497 e. The zero-order valence-electron chi connectivity index (χ0n) is 11.2. The van der Waals surface area contributed by atoms with Gasteiger partial charge in [0.1, 0.15) is 5.75 Å². The van der Waals surface area contributed by atoms with Gasteiger partial charge in [-0.3, -0.25) is 0 Å². The van der Waals surface area contributed by atoms with E-state index in [9.17, 15) is 0 Å². The van der Waals surface area contributed by atoms with Gasteiger partial charge < -0.3 is 10.1 Å². The van der Waals surface area contributed by atoms with Gasteiger partial charge in [0.15, 0.2) is 4.34 Å². The molecule has 0 saturated carbocycles. The van der Waals surface area contributed by atoms with Gasteiger partial charge in [-0.25, -0.2) is 0 Å². The predicted octanol–water partition coefficient (Wildman–Crippen LogP) is 3.66. The summed E-state index contributed by atoms with van der Waals surface area (Å²) in [5.41, 5.74) is 1.22. The lowest BCUT2D eigenvalue weighted by Gasteiger charge is -2.03. The molecule has 1 aromatic heterocycles. The van der Waals surface area contributed by atoms with Gasteiger partial charge in [0.05, 0.1) is 7.11 Å². The highest BCUT2D eigenvalue weighted by Crippen LogP contribution is 2.29. The number of ether oxygens (including phenoxy) is 1. The Bertz CT molecular complexity index is 528. The van der Waals surface area contributed by atoms with Gasteiger partial charge in [0.25, 0.3) is 0 Å². The summed E-state index contributed by atoms with van der Waals surface area (Å²) in [6.07, 6.45) is 0. The van der Waals surface area contributed by atoms with Crippen LogP contribution in [0.25, 0.3) is 0 Å². The van der Waals surface area contributed by atoms with Crippen LogP contribution in [-0.4, -0.2) is 23.3 Å². The summed E-state index contributed by atoms with van der Waals surface area (Å²) in [5, 5.41) is 12.4. The maximum Gasteiger partial charge on any atom is 0.206 e. The number of hydrogen-bond donors (Lipinski definition) is 1. The highest BCUT2D eigenvalue weighted by Gasteiger charge is 2.06. The summed E-state index contributed by atoms with van der Waals surface area (Å²) >= 11 is 3.28. The van der Waals surface area contributed by atoms with Crippen molar-refractivity contribution in [2.24, 2.45) is 0 Å². The second-order valence-electron chi connectivity index (χ2n) is 4.31. The minimum absolute atomic E-state index is 0.379. The quantitative estimate of drug-likeness (QED) is 0.824. The third kappa shape index (κ3) is 4.40. The molecule has 4 nitrogen and oxygen atoms in total. The standard InChI is InChI=1S/C13H17N3OS2/c1-9(2)14-12-15-16-13(19-12)18-8-10-5-4-6-11(7-10)17-3/h4-7,9H,8H2,1-3H3,(H,14,15). The van der Waals surface area contributed by atoms with E-state index in [1.807, 2.05) is 18.2 Å². The van der Waals surface area contributed by atoms with E-state index < -0.39 is 0 Å². The van der Waals surface area contributed by atoms with Crippen molar-refractivity contribution < 1.29 is 4.74 Å². The Balaban J connectivity index is 1.92. The smallest absolute Gasteiger partial charge is 0.206 e. The Morgan fingerprint density at radius 3 is 2.95 bits per heavy atom. The van der Waals surface area contributed by atoms with Crippen molar-refractivity contribution >= 4 is 28.2 Å². The lowest BCUT2D eigenvalue weighted by atomic mass is 10.2. The highest BCUT2D eigenvalue weighted by atomic mass is 32.2. The summed E-state index contributed by atoms with van der Waals surface area (Å²) < 4.78 is 6.19. The van der Waals surface area contributed by atoms with Gasteiger partial charge in [0, 0.05) is 11.8 Å². The fourth-order valence-corrected chi connectivity index (χ4v) is 3.32. The zero-order valence-corrected chi connectivity index (χ0v) is 12.8. The molecular formula is C13H17N3OS2. The number of rotatable bonds is 6. The Hall–Kier alpha value is -1.27. The molecule has 0 fully saturated rings. The van der Waals surface area contributed by atoms with E-state index in [0.717, 1.165) is 21.0 Å². The third-order valence-electron chi connectivity index (χ3n) is 2.32. The number of nitrogens with zero attached hydrogens (tertiary/aromatic N) is 2. The van der Waals surface area contributed by atoms with Crippen LogP contribution in [0.5, 0.6) is 5.75 Å². The summed E-state index contributed by atoms with van der Waals surface area (Å²) in [7, 11) is 1.68. The maximum absolute atomic E-state index is 5.21. The SMILES string of the molecule is COc1cccc(CSc2nnc(NC(C)C)s2)c1. The topological polar surface area (TPSA) is 47.0 Å². The fourth-order valence-electron chi connectivity index (χ4n) is 1.48. The minimum atomic E-state index is 0.379. The molecule has 19 heavy (non-hydrogen) atoms. The molecule has 0 aliphatic rings. The van der Waals surface area contributed by atoms with Crippen LogP contribution in [0.3, 0.4) is 0 Å². The van der Waals surface area contributed by atoms with Crippen LogP contribution in [0.15, 0.2) is 28.6 Å². The van der Waals surface area contributed by atoms with Crippen molar-refractivity contribution in [3.8, 4) is 5.75 Å². The van der Waals surface area contributed by atoms with E-state index in [1.54, 1.807) is 30.2 Å². The number of nitrogens with one attached hydrogen (secondary N) is 1. The van der Waals surface area contributed by atoms with E-state index in [1.165, 1.54) is 5.56 Å². The van der Waals surface area contributed by atoms with Crippen molar-refractivity contribution in [1.29, 1.82) is 0 Å². The van der Waals surface area contributed by atoms with Gasteiger partial charge in [-0.15, -0.1) is 10.2 Å². The molecule has 0 amide bonds. The predicted molar refractivity (Wildman–Crippen MR) is 81.2 cm³/mol. The summed E-state index contributed by atoms with van der Waals surface area (Å²) in [4.78, 5) is 0. The molecule has 0 bridgehead atoms. The molecule has 1 N–H and O–H groups in total. The van der Waals surface area contributed by atoms with Crippen LogP contribution in [0.2, 0.25) is 0 Å². The number of hydrogen-bond acceptors (Lipinski definition) is 6. The lowest BCUT2D eigenvalue weighted by Crippen LogP contribution is -2.08. The lowest BCUT2D eigenvalue weighted by molar-refractivity contribution is 0.414. The molecule has 1 aromatic carbocycles. The first-order valence-corrected chi connectivity index (χ1v) is 7.83. The third-order valence-corrected chi connectivity index (χ3v) is 4.37. The first-order chi connectivity index (χ1) is 9.17. The molecule has 0 spiro atoms. The largest absolute Gasteiger partial charge is 0.497 e. The van der Waals surface area contributed by atoms with Gasteiger partial charge in [0.2, 0.25) is 5.13 Å². The van der Waals surface area contributed by atoms with Crippen LogP contribution >= 0.6 is 23.1 Å². The molecule has 2 rings (SSSR count). The van der Waals surface area contributed by atoms with E-state index in [0.29, 0.717) is 6.04 Å². The van der Waals surface area contributed by atoms with Crippen LogP contribution < -0.4 is 10.1 Å². The summed E-state index contributed by atoms with van der Waals surface area (Å²) in [6.45, 7) is 4.18. The summed E-state index contributed by atoms with van der Waals surface area (Å²) in [6, 6.07) is 8.46. The monoisotopic (exact) mass is 295 g/mol. The number of thioether (sulfide) groups is 1. The molecule has 0 saturated heterocycles. The molecular weight excluding hydrogens is 278 g/mol. The number of methoxy groups -OCH3 is 1. The number of benzene rings is 1. The van der Waals surface area contributed by atoms with Crippen molar-refractivity contribution in [3.05, 3.63) is 29.8 Å². The second kappa shape index (κ2) is 6.77. The van der Waals surface area contributed by atoms with Crippen LogP contribution in [0.1, 0.15) is 19.4 Å². The molecule has 2 aromatic rings. The van der Waals surface area contributed by atoms with Gasteiger partial charge in [-0.1, -0.05) is 35.2 Å². The molecule has 0 aliphatic heterocycles. The molecule has 0 aliphatic carbocycles. The number of anilines is 1. The molecule has 102 valence electrons. The first kappa shape index (κ1) is 14.1. The first-order valence-electron chi connectivity index (χ1n) is 6.03. The van der Waals surface area contributed by atoms with Gasteiger partial charge in [-0.05, 0) is 31.5 Å². The van der Waals surface area contributed by atoms with Crippen molar-refractivity contribution in [1.82, 2.24) is 10.2 Å². The van der Waals surface area contributed by atoms with E-state index in [4.69, 9.17) is 4.74 Å². The van der Waals surface area contributed by atoms with E-state index in [2.05, 4.69) is 35.4 Å². The number of aromatic nitrogens is 2. The average molecular weight is 295 g/mol. The highest BCUT2D eigenvalue weighted by molar-refractivity contribution is 8.00. The molecule has 0 atom stereocenters. The summed E-state index contributed by atoms with van der Waals surface area (Å²) in [5.74, 6) is 1.76. The van der Waals surface area contributed by atoms with Crippen molar-refractivity contribution in [3.63, 3.8) is 0 Å². The maximum atomic E-state index is 5.21. The Labute approximate surface area is 121 Å². The molecule has 6 heteroatoms. The Morgan fingerprint density at radius 1 is 1.37 bits per heavy atom.